The van der Waals surface area contributed by atoms with Crippen LogP contribution in [0.25, 0.3) is 0 Å². The molecule has 0 fully saturated rings. The number of aromatic nitrogens is 1. The Bertz CT molecular complexity index is 545. The Morgan fingerprint density at radius 2 is 1.88 bits per heavy atom. The summed E-state index contributed by atoms with van der Waals surface area (Å²) in [6.07, 6.45) is 6.05. The number of amides is 2. The average Bonchev–Trinajstić information content (AvgIpc) is 2.64. The van der Waals surface area contributed by atoms with Crippen molar-refractivity contribution in [3.05, 3.63) is 30.1 Å². The van der Waals surface area contributed by atoms with E-state index in [0.717, 1.165) is 31.4 Å². The van der Waals surface area contributed by atoms with Crippen LogP contribution in [0.4, 0.5) is 0 Å². The van der Waals surface area contributed by atoms with Crippen molar-refractivity contribution in [2.45, 2.75) is 85.4 Å². The van der Waals surface area contributed by atoms with E-state index in [-0.39, 0.29) is 23.8 Å². The van der Waals surface area contributed by atoms with Gasteiger partial charge in [0.25, 0.3) is 0 Å². The predicted octanol–water partition coefficient (Wildman–Crippen LogP) is 3.93. The average molecular weight is 362 g/mol. The first kappa shape index (κ1) is 22.1. The molecule has 1 N–H and O–H groups in total. The highest BCUT2D eigenvalue weighted by Crippen LogP contribution is 2.20. The molecule has 0 aliphatic heterocycles. The van der Waals surface area contributed by atoms with E-state index >= 15 is 0 Å². The molecule has 0 aliphatic rings. The Kier molecular flexibility index (Phi) is 9.92. The van der Waals surface area contributed by atoms with Crippen molar-refractivity contribution < 1.29 is 9.59 Å². The molecule has 5 nitrogen and oxygen atoms in total. The van der Waals surface area contributed by atoms with Crippen LogP contribution in [-0.4, -0.2) is 33.8 Å². The van der Waals surface area contributed by atoms with E-state index in [9.17, 15) is 9.59 Å². The fourth-order valence-electron chi connectivity index (χ4n) is 3.09. The lowest BCUT2D eigenvalue weighted by molar-refractivity contribution is -0.144. The van der Waals surface area contributed by atoms with Crippen molar-refractivity contribution in [2.75, 3.05) is 0 Å². The summed E-state index contributed by atoms with van der Waals surface area (Å²) in [7, 11) is 0. The first-order valence-corrected chi connectivity index (χ1v) is 9.91. The van der Waals surface area contributed by atoms with E-state index in [1.54, 1.807) is 11.1 Å². The van der Waals surface area contributed by atoms with Gasteiger partial charge in [0.1, 0.15) is 6.04 Å². The van der Waals surface area contributed by atoms with Crippen LogP contribution < -0.4 is 5.32 Å². The van der Waals surface area contributed by atoms with Gasteiger partial charge in [-0.25, -0.2) is 0 Å². The lowest BCUT2D eigenvalue weighted by atomic mass is 9.94. The zero-order valence-electron chi connectivity index (χ0n) is 17.0. The van der Waals surface area contributed by atoms with Gasteiger partial charge < -0.3 is 10.2 Å². The highest BCUT2D eigenvalue weighted by molar-refractivity contribution is 5.88. The topological polar surface area (TPSA) is 62.3 Å². The third-order valence-electron chi connectivity index (χ3n) is 4.76. The highest BCUT2D eigenvalue weighted by atomic mass is 16.2. The van der Waals surface area contributed by atoms with Gasteiger partial charge in [-0.05, 0) is 38.3 Å². The number of unbranched alkanes of at least 4 members (excludes halogenated alkanes) is 2. The second-order valence-electron chi connectivity index (χ2n) is 7.22. The van der Waals surface area contributed by atoms with E-state index in [2.05, 4.69) is 24.1 Å². The maximum Gasteiger partial charge on any atom is 0.243 e. The molecule has 0 unspecified atom stereocenters. The normalized spacial score (nSPS) is 13.3. The molecule has 1 rings (SSSR count). The van der Waals surface area contributed by atoms with E-state index in [1.165, 1.54) is 0 Å². The van der Waals surface area contributed by atoms with E-state index in [1.807, 2.05) is 39.0 Å². The fraction of sp³-hybridized carbons (Fsp3) is 0.667. The molecule has 0 aromatic carbocycles. The fourth-order valence-corrected chi connectivity index (χ4v) is 3.09. The quantitative estimate of drug-likeness (QED) is 0.608. The molecule has 146 valence electrons. The molecule has 26 heavy (non-hydrogen) atoms. The Labute approximate surface area is 158 Å². The van der Waals surface area contributed by atoms with Crippen LogP contribution in [0.2, 0.25) is 0 Å². The van der Waals surface area contributed by atoms with Crippen LogP contribution in [-0.2, 0) is 16.1 Å². The van der Waals surface area contributed by atoms with Crippen molar-refractivity contribution in [3.63, 3.8) is 0 Å². The molecule has 0 aliphatic carbocycles. The van der Waals surface area contributed by atoms with Gasteiger partial charge in [-0.15, -0.1) is 0 Å². The maximum absolute atomic E-state index is 13.0. The first-order chi connectivity index (χ1) is 12.4. The molecule has 0 saturated carbocycles. The number of nitrogens with zero attached hydrogens (tertiary/aromatic N) is 2. The van der Waals surface area contributed by atoms with Gasteiger partial charge in [-0.2, -0.15) is 0 Å². The second kappa shape index (κ2) is 11.7. The van der Waals surface area contributed by atoms with E-state index < -0.39 is 6.04 Å². The lowest BCUT2D eigenvalue weighted by Gasteiger charge is -2.37. The van der Waals surface area contributed by atoms with Crippen molar-refractivity contribution in [1.82, 2.24) is 15.2 Å². The third-order valence-corrected chi connectivity index (χ3v) is 4.76. The summed E-state index contributed by atoms with van der Waals surface area (Å²) in [5.41, 5.74) is 0.814. The molecule has 0 saturated heterocycles. The summed E-state index contributed by atoms with van der Waals surface area (Å²) in [5, 5.41) is 2.98. The largest absolute Gasteiger partial charge is 0.349 e. The summed E-state index contributed by atoms with van der Waals surface area (Å²) < 4.78 is 0. The Morgan fingerprint density at radius 3 is 2.42 bits per heavy atom. The summed E-state index contributed by atoms with van der Waals surface area (Å²) in [6.45, 7) is 10.6. The van der Waals surface area contributed by atoms with Crippen LogP contribution in [0.1, 0.15) is 72.4 Å². The number of hydrogen-bond acceptors (Lipinski definition) is 3. The minimum absolute atomic E-state index is 0.0104. The van der Waals surface area contributed by atoms with E-state index in [4.69, 9.17) is 0 Å². The summed E-state index contributed by atoms with van der Waals surface area (Å²) in [4.78, 5) is 31.8. The number of nitrogens with one attached hydrogen (secondary N) is 1. The third kappa shape index (κ3) is 6.77. The molecule has 2 amide bonds. The van der Waals surface area contributed by atoms with Crippen molar-refractivity contribution in [3.8, 4) is 0 Å². The molecule has 0 spiro atoms. The van der Waals surface area contributed by atoms with Crippen LogP contribution in [0.15, 0.2) is 24.4 Å². The van der Waals surface area contributed by atoms with Gasteiger partial charge in [-0.3, -0.25) is 14.6 Å². The number of hydrogen-bond donors (Lipinski definition) is 1. The number of pyridine rings is 1. The molecule has 1 aromatic rings. The Hall–Kier alpha value is -1.91. The molecule has 1 aromatic heterocycles. The highest BCUT2D eigenvalue weighted by Gasteiger charge is 2.34. The van der Waals surface area contributed by atoms with Gasteiger partial charge in [0.15, 0.2) is 0 Å². The molecule has 2 atom stereocenters. The molecule has 0 radical (unpaired) electrons. The van der Waals surface area contributed by atoms with Gasteiger partial charge in [-0.1, -0.05) is 46.1 Å². The summed E-state index contributed by atoms with van der Waals surface area (Å²) in [6, 6.07) is 5.18. The van der Waals surface area contributed by atoms with Crippen LogP contribution in [0.3, 0.4) is 0 Å². The van der Waals surface area contributed by atoms with Gasteiger partial charge in [0.05, 0.1) is 12.2 Å². The van der Waals surface area contributed by atoms with Crippen LogP contribution in [0, 0.1) is 5.92 Å². The SMILES string of the molecule is CCCCCC(=O)N(C(C)C)[C@H](C(=O)NCc1ccccn1)[C@@H](C)CC. The Balaban J connectivity index is 2.89. The molecular formula is C21H35N3O2. The first-order valence-electron chi connectivity index (χ1n) is 9.91. The lowest BCUT2D eigenvalue weighted by Crippen LogP contribution is -2.55. The van der Waals surface area contributed by atoms with Crippen LogP contribution >= 0.6 is 0 Å². The van der Waals surface area contributed by atoms with Crippen molar-refractivity contribution >= 4 is 11.8 Å². The summed E-state index contributed by atoms with van der Waals surface area (Å²) >= 11 is 0. The molecule has 0 bridgehead atoms. The standard InChI is InChI=1S/C21H35N3O2/c1-6-8-9-13-19(25)24(16(3)4)20(17(5)7-2)21(26)23-15-18-12-10-11-14-22-18/h10-12,14,16-17,20H,6-9,13,15H2,1-5H3,(H,23,26)/t17-,20-/m0/s1. The number of carbonyl (C=O) groups is 2. The minimum atomic E-state index is -0.446. The van der Waals surface area contributed by atoms with Gasteiger partial charge >= 0.3 is 0 Å². The zero-order valence-corrected chi connectivity index (χ0v) is 17.0. The van der Waals surface area contributed by atoms with Gasteiger partial charge in [0.2, 0.25) is 11.8 Å². The number of rotatable bonds is 11. The monoisotopic (exact) mass is 361 g/mol. The Morgan fingerprint density at radius 1 is 1.15 bits per heavy atom. The van der Waals surface area contributed by atoms with Crippen molar-refractivity contribution in [1.29, 1.82) is 0 Å². The van der Waals surface area contributed by atoms with Gasteiger partial charge in [0, 0.05) is 18.7 Å². The molecule has 1 heterocycles. The number of carbonyl (C=O) groups excluding carboxylic acids is 2. The zero-order chi connectivity index (χ0) is 19.5. The smallest absolute Gasteiger partial charge is 0.243 e. The molecule has 5 heteroatoms. The second-order valence-corrected chi connectivity index (χ2v) is 7.22. The minimum Gasteiger partial charge on any atom is -0.349 e. The van der Waals surface area contributed by atoms with Crippen LogP contribution in [0.5, 0.6) is 0 Å². The van der Waals surface area contributed by atoms with Crippen molar-refractivity contribution in [2.24, 2.45) is 5.92 Å². The maximum atomic E-state index is 13.0. The molecular weight excluding hydrogens is 326 g/mol. The predicted molar refractivity (Wildman–Crippen MR) is 105 cm³/mol. The summed E-state index contributed by atoms with van der Waals surface area (Å²) in [5.74, 6) is 0.0746. The van der Waals surface area contributed by atoms with E-state index in [0.29, 0.717) is 13.0 Å².